The van der Waals surface area contributed by atoms with Gasteiger partial charge in [-0.25, -0.2) is 0 Å². The zero-order valence-electron chi connectivity index (χ0n) is 11.4. The van der Waals surface area contributed by atoms with E-state index in [1.165, 1.54) is 0 Å². The van der Waals surface area contributed by atoms with E-state index in [0.29, 0.717) is 28.7 Å². The summed E-state index contributed by atoms with van der Waals surface area (Å²) in [6, 6.07) is 4.44. The van der Waals surface area contributed by atoms with Gasteiger partial charge in [0.05, 0.1) is 17.6 Å². The first-order chi connectivity index (χ1) is 9.40. The van der Waals surface area contributed by atoms with Crippen LogP contribution in [0.2, 0.25) is 10.0 Å². The molecular weight excluding hydrogens is 299 g/mol. The number of likely N-dealkylation sites (N-methyl/N-ethyl adjacent to an activating group) is 1. The number of carbonyl (C=O) groups is 2. The first-order valence-corrected chi connectivity index (χ1v) is 7.13. The van der Waals surface area contributed by atoms with Crippen molar-refractivity contribution in [2.45, 2.75) is 13.0 Å². The predicted molar refractivity (Wildman–Crippen MR) is 79.5 cm³/mol. The molecule has 20 heavy (non-hydrogen) atoms. The maximum atomic E-state index is 12.5. The molecule has 1 aromatic rings. The summed E-state index contributed by atoms with van der Waals surface area (Å²) in [4.78, 5) is 27.7. The van der Waals surface area contributed by atoms with Crippen LogP contribution < -0.4 is 0 Å². The van der Waals surface area contributed by atoms with E-state index in [1.54, 1.807) is 37.1 Å². The molecule has 4 nitrogen and oxygen atoms in total. The summed E-state index contributed by atoms with van der Waals surface area (Å²) in [6.07, 6.45) is 0. The third kappa shape index (κ3) is 3.14. The standard InChI is InChI=1S/C14H16Cl2N2O2/c1-9(18-6-5-17(2)13(19)8-18)14(20)11-4-3-10(15)7-12(11)16/h3-4,7,9H,5-6,8H2,1-2H3. The van der Waals surface area contributed by atoms with Gasteiger partial charge in [-0.15, -0.1) is 0 Å². The lowest BCUT2D eigenvalue weighted by Gasteiger charge is -2.35. The summed E-state index contributed by atoms with van der Waals surface area (Å²) in [5.41, 5.74) is 0.440. The lowest BCUT2D eigenvalue weighted by Crippen LogP contribution is -2.53. The number of nitrogens with zero attached hydrogens (tertiary/aromatic N) is 2. The lowest BCUT2D eigenvalue weighted by atomic mass is 10.0. The van der Waals surface area contributed by atoms with Crippen LogP contribution in [-0.4, -0.2) is 54.2 Å². The van der Waals surface area contributed by atoms with Gasteiger partial charge in [0.2, 0.25) is 5.91 Å². The van der Waals surface area contributed by atoms with Crippen LogP contribution in [-0.2, 0) is 4.79 Å². The minimum absolute atomic E-state index is 0.0260. The summed E-state index contributed by atoms with van der Waals surface area (Å²) >= 11 is 11.9. The van der Waals surface area contributed by atoms with Crippen LogP contribution in [0.25, 0.3) is 0 Å². The number of rotatable bonds is 3. The van der Waals surface area contributed by atoms with Gasteiger partial charge in [0, 0.05) is 30.7 Å². The lowest BCUT2D eigenvalue weighted by molar-refractivity contribution is -0.134. The maximum Gasteiger partial charge on any atom is 0.236 e. The highest BCUT2D eigenvalue weighted by molar-refractivity contribution is 6.37. The molecule has 1 saturated heterocycles. The summed E-state index contributed by atoms with van der Waals surface area (Å²) in [5.74, 6) is -0.0675. The Morgan fingerprint density at radius 1 is 1.30 bits per heavy atom. The second kappa shape index (κ2) is 6.12. The molecule has 1 atom stereocenters. The molecule has 0 spiro atoms. The fourth-order valence-electron chi connectivity index (χ4n) is 2.19. The van der Waals surface area contributed by atoms with Crippen molar-refractivity contribution in [2.75, 3.05) is 26.7 Å². The van der Waals surface area contributed by atoms with Crippen LogP contribution >= 0.6 is 23.2 Å². The Balaban J connectivity index is 2.14. The Bertz CT molecular complexity index is 548. The number of ketones is 1. The van der Waals surface area contributed by atoms with Crippen molar-refractivity contribution in [1.82, 2.24) is 9.80 Å². The molecule has 1 aliphatic rings. The minimum Gasteiger partial charge on any atom is -0.343 e. The molecule has 1 amide bonds. The van der Waals surface area contributed by atoms with E-state index in [0.717, 1.165) is 0 Å². The highest BCUT2D eigenvalue weighted by Gasteiger charge is 2.29. The molecule has 1 aromatic carbocycles. The van der Waals surface area contributed by atoms with Crippen LogP contribution in [0, 0.1) is 0 Å². The fourth-order valence-corrected chi connectivity index (χ4v) is 2.69. The highest BCUT2D eigenvalue weighted by Crippen LogP contribution is 2.23. The first kappa shape index (κ1) is 15.3. The van der Waals surface area contributed by atoms with Gasteiger partial charge in [-0.05, 0) is 25.1 Å². The molecule has 1 unspecified atom stereocenters. The van der Waals surface area contributed by atoms with E-state index in [1.807, 2.05) is 4.90 Å². The van der Waals surface area contributed by atoms with Gasteiger partial charge in [-0.3, -0.25) is 14.5 Å². The summed E-state index contributed by atoms with van der Waals surface area (Å²) < 4.78 is 0. The molecule has 0 N–H and O–H groups in total. The van der Waals surface area contributed by atoms with Gasteiger partial charge in [-0.2, -0.15) is 0 Å². The average Bonchev–Trinajstić information content (AvgIpc) is 2.40. The van der Waals surface area contributed by atoms with Crippen LogP contribution in [0.5, 0.6) is 0 Å². The van der Waals surface area contributed by atoms with Crippen molar-refractivity contribution in [3.63, 3.8) is 0 Å². The molecule has 0 bridgehead atoms. The Kier molecular flexibility index (Phi) is 4.68. The van der Waals surface area contributed by atoms with Gasteiger partial charge in [0.15, 0.2) is 5.78 Å². The minimum atomic E-state index is -0.383. The van der Waals surface area contributed by atoms with E-state index >= 15 is 0 Å². The van der Waals surface area contributed by atoms with Crippen LogP contribution in [0.15, 0.2) is 18.2 Å². The molecule has 0 aliphatic carbocycles. The van der Waals surface area contributed by atoms with Gasteiger partial charge < -0.3 is 4.90 Å². The normalized spacial score (nSPS) is 18.2. The van der Waals surface area contributed by atoms with Crippen LogP contribution in [0.1, 0.15) is 17.3 Å². The van der Waals surface area contributed by atoms with Crippen LogP contribution in [0.4, 0.5) is 0 Å². The third-order valence-electron chi connectivity index (χ3n) is 3.61. The van der Waals surface area contributed by atoms with Crippen molar-refractivity contribution in [3.8, 4) is 0 Å². The molecule has 108 valence electrons. The summed E-state index contributed by atoms with van der Waals surface area (Å²) in [7, 11) is 1.77. The third-order valence-corrected chi connectivity index (χ3v) is 4.16. The Morgan fingerprint density at radius 3 is 2.60 bits per heavy atom. The molecule has 0 saturated carbocycles. The van der Waals surface area contributed by atoms with Crippen LogP contribution in [0.3, 0.4) is 0 Å². The molecule has 1 fully saturated rings. The van der Waals surface area contributed by atoms with Gasteiger partial charge in [0.1, 0.15) is 0 Å². The smallest absolute Gasteiger partial charge is 0.236 e. The molecule has 0 radical (unpaired) electrons. The fraction of sp³-hybridized carbons (Fsp3) is 0.429. The van der Waals surface area contributed by atoms with Crippen molar-refractivity contribution < 1.29 is 9.59 Å². The summed E-state index contributed by atoms with van der Waals surface area (Å²) in [6.45, 7) is 3.37. The van der Waals surface area contributed by atoms with Gasteiger partial charge in [0.25, 0.3) is 0 Å². The predicted octanol–water partition coefficient (Wildman–Crippen LogP) is 2.34. The zero-order chi connectivity index (χ0) is 14.9. The first-order valence-electron chi connectivity index (χ1n) is 6.37. The second-order valence-corrected chi connectivity index (χ2v) is 5.79. The molecular formula is C14H16Cl2N2O2. The number of halogens is 2. The van der Waals surface area contributed by atoms with E-state index in [4.69, 9.17) is 23.2 Å². The Morgan fingerprint density at radius 2 is 2.00 bits per heavy atom. The molecule has 0 aromatic heterocycles. The van der Waals surface area contributed by atoms with E-state index in [2.05, 4.69) is 0 Å². The largest absolute Gasteiger partial charge is 0.343 e. The van der Waals surface area contributed by atoms with Gasteiger partial charge >= 0.3 is 0 Å². The number of hydrogen-bond acceptors (Lipinski definition) is 3. The van der Waals surface area contributed by atoms with E-state index < -0.39 is 0 Å². The SMILES string of the molecule is CC(C(=O)c1ccc(Cl)cc1Cl)N1CCN(C)C(=O)C1. The monoisotopic (exact) mass is 314 g/mol. The Hall–Kier alpha value is -1.10. The Labute approximate surface area is 128 Å². The summed E-state index contributed by atoms with van der Waals surface area (Å²) in [5, 5.41) is 0.837. The van der Waals surface area contributed by atoms with Gasteiger partial charge in [-0.1, -0.05) is 23.2 Å². The maximum absolute atomic E-state index is 12.5. The zero-order valence-corrected chi connectivity index (χ0v) is 12.9. The molecule has 2 rings (SSSR count). The van der Waals surface area contributed by atoms with E-state index in [9.17, 15) is 9.59 Å². The van der Waals surface area contributed by atoms with Crippen molar-refractivity contribution >= 4 is 34.9 Å². The number of Topliss-reactive ketones (excluding diaryl/α,β-unsaturated/α-hetero) is 1. The van der Waals surface area contributed by atoms with E-state index in [-0.39, 0.29) is 24.3 Å². The van der Waals surface area contributed by atoms with Crippen molar-refractivity contribution in [1.29, 1.82) is 0 Å². The highest BCUT2D eigenvalue weighted by atomic mass is 35.5. The average molecular weight is 315 g/mol. The van der Waals surface area contributed by atoms with Crippen molar-refractivity contribution in [2.24, 2.45) is 0 Å². The molecule has 1 heterocycles. The number of carbonyl (C=O) groups excluding carboxylic acids is 2. The molecule has 1 aliphatic heterocycles. The van der Waals surface area contributed by atoms with Crippen molar-refractivity contribution in [3.05, 3.63) is 33.8 Å². The number of benzene rings is 1. The second-order valence-electron chi connectivity index (χ2n) is 4.95. The molecule has 6 heteroatoms. The quantitative estimate of drug-likeness (QED) is 0.804. The topological polar surface area (TPSA) is 40.6 Å². The number of hydrogen-bond donors (Lipinski definition) is 0. The number of piperazine rings is 1. The number of amides is 1.